The maximum Gasteiger partial charge on any atom is 0.387 e. The molecule has 2 nitrogen and oxygen atoms in total. The van der Waals surface area contributed by atoms with Crippen LogP contribution in [0.4, 0.5) is 8.78 Å². The molecular weight excluding hydrogens is 190 g/mol. The van der Waals surface area contributed by atoms with E-state index in [9.17, 15) is 8.78 Å². The molecule has 0 heterocycles. The van der Waals surface area contributed by atoms with E-state index in [1.54, 1.807) is 6.07 Å². The highest BCUT2D eigenvalue weighted by Gasteiger charge is 2.04. The molecule has 0 atom stereocenters. The Kier molecular flexibility index (Phi) is 4.16. The van der Waals surface area contributed by atoms with Crippen molar-refractivity contribution >= 4 is 0 Å². The van der Waals surface area contributed by atoms with E-state index in [2.05, 4.69) is 10.8 Å². The van der Waals surface area contributed by atoms with Gasteiger partial charge in [-0.2, -0.15) is 8.78 Å². The van der Waals surface area contributed by atoms with Crippen molar-refractivity contribution < 1.29 is 18.3 Å². The first kappa shape index (κ1) is 10.8. The van der Waals surface area contributed by atoms with Gasteiger partial charge in [-0.15, -0.1) is 0 Å². The third-order valence-corrected chi connectivity index (χ3v) is 1.43. The molecule has 1 rings (SSSR count). The third-order valence-electron chi connectivity index (χ3n) is 1.43. The quantitative estimate of drug-likeness (QED) is 0.729. The van der Waals surface area contributed by atoms with Crippen LogP contribution in [0, 0.1) is 6.07 Å². The highest BCUT2D eigenvalue weighted by atomic mass is 19.3. The standard InChI is InChI=1S/C10H11F2O2/c1-2-6-13-8-4-3-5-9(7-8)14-10(11)12/h4-5,7,10H,2,6H2,1H3. The van der Waals surface area contributed by atoms with Crippen LogP contribution in [0.2, 0.25) is 0 Å². The largest absolute Gasteiger partial charge is 0.493 e. The molecule has 0 aromatic heterocycles. The summed E-state index contributed by atoms with van der Waals surface area (Å²) >= 11 is 0. The van der Waals surface area contributed by atoms with Crippen LogP contribution in [0.25, 0.3) is 0 Å². The number of alkyl halides is 2. The van der Waals surface area contributed by atoms with Crippen LogP contribution in [0.15, 0.2) is 18.2 Å². The Balaban J connectivity index is 2.59. The average molecular weight is 201 g/mol. The maximum absolute atomic E-state index is 11.8. The molecule has 0 saturated carbocycles. The summed E-state index contributed by atoms with van der Waals surface area (Å²) in [7, 11) is 0. The topological polar surface area (TPSA) is 18.5 Å². The first-order chi connectivity index (χ1) is 6.72. The molecule has 14 heavy (non-hydrogen) atoms. The van der Waals surface area contributed by atoms with Crippen LogP contribution in [0.5, 0.6) is 11.5 Å². The minimum atomic E-state index is -2.81. The highest BCUT2D eigenvalue weighted by Crippen LogP contribution is 2.20. The van der Waals surface area contributed by atoms with Crippen LogP contribution in [0.3, 0.4) is 0 Å². The van der Waals surface area contributed by atoms with E-state index < -0.39 is 6.61 Å². The molecule has 0 saturated heterocycles. The monoisotopic (exact) mass is 201 g/mol. The van der Waals surface area contributed by atoms with E-state index in [0.29, 0.717) is 12.4 Å². The van der Waals surface area contributed by atoms with Gasteiger partial charge in [0.05, 0.1) is 6.61 Å². The summed E-state index contributed by atoms with van der Waals surface area (Å²) in [6.07, 6.45) is 0.861. The van der Waals surface area contributed by atoms with Gasteiger partial charge in [0.25, 0.3) is 0 Å². The molecule has 0 aliphatic heterocycles. The van der Waals surface area contributed by atoms with E-state index in [0.717, 1.165) is 6.42 Å². The fourth-order valence-electron chi connectivity index (χ4n) is 0.904. The first-order valence-electron chi connectivity index (χ1n) is 4.31. The molecule has 1 aromatic carbocycles. The van der Waals surface area contributed by atoms with Crippen molar-refractivity contribution in [3.8, 4) is 11.5 Å². The fraction of sp³-hybridized carbons (Fsp3) is 0.400. The predicted molar refractivity (Wildman–Crippen MR) is 47.7 cm³/mol. The summed E-state index contributed by atoms with van der Waals surface area (Å²) in [6, 6.07) is 6.99. The van der Waals surface area contributed by atoms with Gasteiger partial charge < -0.3 is 9.47 Å². The molecule has 77 valence electrons. The van der Waals surface area contributed by atoms with Crippen LogP contribution < -0.4 is 9.47 Å². The average Bonchev–Trinajstić information content (AvgIpc) is 2.14. The summed E-state index contributed by atoms with van der Waals surface area (Å²) < 4.78 is 33.1. The zero-order valence-corrected chi connectivity index (χ0v) is 7.80. The number of hydrogen-bond acceptors (Lipinski definition) is 2. The van der Waals surface area contributed by atoms with Gasteiger partial charge in [0.15, 0.2) is 0 Å². The van der Waals surface area contributed by atoms with Crippen molar-refractivity contribution in [2.24, 2.45) is 0 Å². The van der Waals surface area contributed by atoms with Gasteiger partial charge in [0.2, 0.25) is 0 Å². The van der Waals surface area contributed by atoms with Gasteiger partial charge in [-0.1, -0.05) is 6.92 Å². The lowest BCUT2D eigenvalue weighted by molar-refractivity contribution is -0.0499. The molecule has 0 N–H and O–H groups in total. The number of halogens is 2. The third kappa shape index (κ3) is 3.60. The maximum atomic E-state index is 11.8. The number of ether oxygens (including phenoxy) is 2. The summed E-state index contributed by atoms with van der Waals surface area (Å²) in [6.45, 7) is -0.306. The van der Waals surface area contributed by atoms with Crippen LogP contribution >= 0.6 is 0 Å². The van der Waals surface area contributed by atoms with Crippen LogP contribution in [0.1, 0.15) is 13.3 Å². The number of rotatable bonds is 5. The molecular formula is C10H11F2O2. The predicted octanol–water partition coefficient (Wildman–Crippen LogP) is 2.88. The smallest absolute Gasteiger partial charge is 0.387 e. The van der Waals surface area contributed by atoms with Crippen molar-refractivity contribution in [2.45, 2.75) is 20.0 Å². The Morgan fingerprint density at radius 1 is 1.36 bits per heavy atom. The first-order valence-corrected chi connectivity index (χ1v) is 4.31. The fourth-order valence-corrected chi connectivity index (χ4v) is 0.904. The van der Waals surface area contributed by atoms with E-state index in [1.165, 1.54) is 12.1 Å². The summed E-state index contributed by atoms with van der Waals surface area (Å²) in [5.41, 5.74) is 0. The lowest BCUT2D eigenvalue weighted by Gasteiger charge is -2.07. The molecule has 0 fully saturated rings. The Morgan fingerprint density at radius 3 is 2.71 bits per heavy atom. The summed E-state index contributed by atoms with van der Waals surface area (Å²) in [5.74, 6) is 0.554. The molecule has 1 aromatic rings. The van der Waals surface area contributed by atoms with Crippen molar-refractivity contribution in [2.75, 3.05) is 6.61 Å². The van der Waals surface area contributed by atoms with Crippen molar-refractivity contribution in [3.63, 3.8) is 0 Å². The number of hydrogen-bond donors (Lipinski definition) is 0. The van der Waals surface area contributed by atoms with Crippen molar-refractivity contribution in [3.05, 3.63) is 24.3 Å². The minimum Gasteiger partial charge on any atom is -0.493 e. The number of benzene rings is 1. The van der Waals surface area contributed by atoms with Gasteiger partial charge in [-0.3, -0.25) is 0 Å². The molecule has 0 aliphatic rings. The molecule has 4 heteroatoms. The lowest BCUT2D eigenvalue weighted by Crippen LogP contribution is -2.02. The van der Waals surface area contributed by atoms with Crippen LogP contribution in [-0.2, 0) is 0 Å². The molecule has 0 aliphatic carbocycles. The molecule has 0 bridgehead atoms. The molecule has 0 unspecified atom stereocenters. The van der Waals surface area contributed by atoms with E-state index in [-0.39, 0.29) is 5.75 Å². The van der Waals surface area contributed by atoms with Gasteiger partial charge >= 0.3 is 6.61 Å². The second-order valence-corrected chi connectivity index (χ2v) is 2.63. The molecule has 1 radical (unpaired) electrons. The minimum absolute atomic E-state index is 0.0635. The highest BCUT2D eigenvalue weighted by molar-refractivity contribution is 5.32. The normalized spacial score (nSPS) is 10.3. The summed E-state index contributed by atoms with van der Waals surface area (Å²) in [4.78, 5) is 0. The van der Waals surface area contributed by atoms with Crippen molar-refractivity contribution in [1.82, 2.24) is 0 Å². The van der Waals surface area contributed by atoms with Crippen LogP contribution in [-0.4, -0.2) is 13.2 Å². The molecule has 0 spiro atoms. The van der Waals surface area contributed by atoms with Gasteiger partial charge in [0, 0.05) is 6.07 Å². The Hall–Kier alpha value is -1.32. The second kappa shape index (κ2) is 5.42. The summed E-state index contributed by atoms with van der Waals surface area (Å²) in [5, 5.41) is 0. The van der Waals surface area contributed by atoms with Gasteiger partial charge in [0.1, 0.15) is 11.5 Å². The Bertz CT molecular complexity index is 277. The van der Waals surface area contributed by atoms with E-state index in [1.807, 2.05) is 6.92 Å². The Labute approximate surface area is 81.4 Å². The second-order valence-electron chi connectivity index (χ2n) is 2.63. The van der Waals surface area contributed by atoms with Gasteiger partial charge in [-0.25, -0.2) is 0 Å². The zero-order valence-electron chi connectivity index (χ0n) is 7.80. The SMILES string of the molecule is CCCOc1c[c]cc(OC(F)F)c1. The van der Waals surface area contributed by atoms with Crippen molar-refractivity contribution in [1.29, 1.82) is 0 Å². The van der Waals surface area contributed by atoms with Gasteiger partial charge in [-0.05, 0) is 24.6 Å². The van der Waals surface area contributed by atoms with E-state index >= 15 is 0 Å². The zero-order chi connectivity index (χ0) is 10.4. The van der Waals surface area contributed by atoms with E-state index in [4.69, 9.17) is 4.74 Å². The molecule has 0 amide bonds. The Morgan fingerprint density at radius 2 is 2.07 bits per heavy atom. The lowest BCUT2D eigenvalue weighted by atomic mass is 10.3.